The van der Waals surface area contributed by atoms with E-state index in [1.807, 2.05) is 6.92 Å². The van der Waals surface area contributed by atoms with E-state index in [0.29, 0.717) is 22.9 Å². The van der Waals surface area contributed by atoms with E-state index in [1.54, 1.807) is 36.4 Å². The van der Waals surface area contributed by atoms with Crippen molar-refractivity contribution in [3.8, 4) is 0 Å². The van der Waals surface area contributed by atoms with Crippen molar-refractivity contribution in [2.45, 2.75) is 31.1 Å². The molecule has 2 aromatic carbocycles. The number of halogens is 1. The third-order valence-electron chi connectivity index (χ3n) is 4.87. The molecule has 1 saturated heterocycles. The summed E-state index contributed by atoms with van der Waals surface area (Å²) in [5, 5.41) is 3.17. The fraction of sp³-hybridized carbons (Fsp3) is 0.333. The minimum absolute atomic E-state index is 0.0631. The minimum atomic E-state index is -3.65. The highest BCUT2D eigenvalue weighted by Crippen LogP contribution is 2.31. The number of carbonyl (C=O) groups excluding carboxylic acids is 2. The number of anilines is 2. The number of nitrogens with one attached hydrogen (secondary N) is 2. The van der Waals surface area contributed by atoms with Gasteiger partial charge >= 0.3 is 0 Å². The van der Waals surface area contributed by atoms with Crippen LogP contribution >= 0.6 is 11.6 Å². The lowest BCUT2D eigenvalue weighted by Crippen LogP contribution is -2.28. The first kappa shape index (κ1) is 22.3. The van der Waals surface area contributed by atoms with Gasteiger partial charge in [0.15, 0.2) is 0 Å². The Morgan fingerprint density at radius 1 is 1.20 bits per heavy atom. The van der Waals surface area contributed by atoms with Crippen LogP contribution in [0.4, 0.5) is 11.4 Å². The molecule has 1 unspecified atom stereocenters. The molecular formula is C21H24ClN3O4S. The van der Waals surface area contributed by atoms with Crippen molar-refractivity contribution in [3.63, 3.8) is 0 Å². The first-order valence-corrected chi connectivity index (χ1v) is 11.6. The van der Waals surface area contributed by atoms with Gasteiger partial charge in [-0.25, -0.2) is 13.1 Å². The maximum absolute atomic E-state index is 12.7. The van der Waals surface area contributed by atoms with Crippen LogP contribution in [-0.4, -0.2) is 33.3 Å². The molecule has 2 aromatic rings. The van der Waals surface area contributed by atoms with Gasteiger partial charge in [0.25, 0.3) is 0 Å². The number of amides is 2. The summed E-state index contributed by atoms with van der Waals surface area (Å²) in [6.45, 7) is 2.55. The number of hydrogen-bond donors (Lipinski definition) is 2. The van der Waals surface area contributed by atoms with Crippen molar-refractivity contribution < 1.29 is 18.0 Å². The molecule has 0 bridgehead atoms. The van der Waals surface area contributed by atoms with Gasteiger partial charge in [0, 0.05) is 25.2 Å². The molecule has 1 fully saturated rings. The Kier molecular flexibility index (Phi) is 7.12. The highest BCUT2D eigenvalue weighted by Gasteiger charge is 2.36. The third kappa shape index (κ3) is 5.19. The van der Waals surface area contributed by atoms with Gasteiger partial charge in [-0.3, -0.25) is 9.59 Å². The van der Waals surface area contributed by atoms with E-state index in [9.17, 15) is 18.0 Å². The summed E-state index contributed by atoms with van der Waals surface area (Å²) in [6.07, 6.45) is 1.69. The van der Waals surface area contributed by atoms with Crippen LogP contribution in [0.1, 0.15) is 26.2 Å². The first-order chi connectivity index (χ1) is 14.3. The van der Waals surface area contributed by atoms with E-state index in [0.717, 1.165) is 12.8 Å². The molecule has 0 spiro atoms. The Bertz CT molecular complexity index is 1040. The van der Waals surface area contributed by atoms with E-state index in [-0.39, 0.29) is 29.7 Å². The molecule has 0 aliphatic carbocycles. The SMILES string of the molecule is CCCCNS(=O)(=O)c1cccc(NC(=O)C2CC(=O)N(c3ccccc3Cl)C2)c1. The molecule has 0 radical (unpaired) electrons. The largest absolute Gasteiger partial charge is 0.326 e. The number of rotatable bonds is 8. The van der Waals surface area contributed by atoms with Crippen molar-refractivity contribution in [1.82, 2.24) is 4.72 Å². The second-order valence-corrected chi connectivity index (χ2v) is 9.30. The van der Waals surface area contributed by atoms with Crippen LogP contribution in [-0.2, 0) is 19.6 Å². The number of hydrogen-bond acceptors (Lipinski definition) is 4. The van der Waals surface area contributed by atoms with E-state index in [4.69, 9.17) is 11.6 Å². The molecule has 1 aliphatic heterocycles. The quantitative estimate of drug-likeness (QED) is 0.603. The molecule has 3 rings (SSSR count). The standard InChI is InChI=1S/C21H24ClN3O4S/c1-2-3-11-23-30(28,29)17-8-6-7-16(13-17)24-21(27)15-12-20(26)25(14-15)19-10-5-4-9-18(19)22/h4-10,13,15,23H,2-3,11-12,14H2,1H3,(H,24,27). The van der Waals surface area contributed by atoms with E-state index >= 15 is 0 Å². The molecule has 7 nitrogen and oxygen atoms in total. The van der Waals surface area contributed by atoms with Crippen molar-refractivity contribution >= 4 is 44.8 Å². The summed E-state index contributed by atoms with van der Waals surface area (Å²) in [5.41, 5.74) is 0.938. The number of sulfonamides is 1. The minimum Gasteiger partial charge on any atom is -0.326 e. The van der Waals surface area contributed by atoms with Crippen molar-refractivity contribution in [3.05, 3.63) is 53.6 Å². The van der Waals surface area contributed by atoms with Gasteiger partial charge in [0.2, 0.25) is 21.8 Å². The zero-order valence-corrected chi connectivity index (χ0v) is 18.2. The highest BCUT2D eigenvalue weighted by molar-refractivity contribution is 7.89. The fourth-order valence-electron chi connectivity index (χ4n) is 3.24. The Balaban J connectivity index is 1.68. The lowest BCUT2D eigenvalue weighted by molar-refractivity contribution is -0.122. The number of benzene rings is 2. The molecule has 9 heteroatoms. The van der Waals surface area contributed by atoms with Gasteiger partial charge in [0.05, 0.1) is 21.5 Å². The Morgan fingerprint density at radius 2 is 1.97 bits per heavy atom. The molecular weight excluding hydrogens is 426 g/mol. The van der Waals surface area contributed by atoms with Crippen molar-refractivity contribution in [1.29, 1.82) is 0 Å². The maximum Gasteiger partial charge on any atom is 0.240 e. The summed E-state index contributed by atoms with van der Waals surface area (Å²) in [5.74, 6) is -1.08. The zero-order chi connectivity index (χ0) is 21.7. The number of carbonyl (C=O) groups is 2. The molecule has 2 N–H and O–H groups in total. The Morgan fingerprint density at radius 3 is 2.70 bits per heavy atom. The summed E-state index contributed by atoms with van der Waals surface area (Å²) in [6, 6.07) is 13.1. The van der Waals surface area contributed by atoms with Crippen LogP contribution in [0.5, 0.6) is 0 Å². The lowest BCUT2D eigenvalue weighted by Gasteiger charge is -2.18. The Labute approximate surface area is 181 Å². The first-order valence-electron chi connectivity index (χ1n) is 9.77. The fourth-order valence-corrected chi connectivity index (χ4v) is 4.60. The van der Waals surface area contributed by atoms with E-state index in [1.165, 1.54) is 17.0 Å². The van der Waals surface area contributed by atoms with E-state index in [2.05, 4.69) is 10.0 Å². The van der Waals surface area contributed by atoms with Crippen LogP contribution in [0, 0.1) is 5.92 Å². The number of para-hydroxylation sites is 1. The normalized spacial score (nSPS) is 16.7. The van der Waals surface area contributed by atoms with Gasteiger partial charge in [-0.1, -0.05) is 43.1 Å². The third-order valence-corrected chi connectivity index (χ3v) is 6.65. The number of nitrogens with zero attached hydrogens (tertiary/aromatic N) is 1. The van der Waals surface area contributed by atoms with Crippen LogP contribution in [0.2, 0.25) is 5.02 Å². The van der Waals surface area contributed by atoms with Gasteiger partial charge < -0.3 is 10.2 Å². The van der Waals surface area contributed by atoms with Crippen LogP contribution in [0.25, 0.3) is 0 Å². The van der Waals surface area contributed by atoms with Crippen LogP contribution in [0.15, 0.2) is 53.4 Å². The van der Waals surface area contributed by atoms with Gasteiger partial charge in [-0.2, -0.15) is 0 Å². The maximum atomic E-state index is 12.7. The molecule has 160 valence electrons. The molecule has 1 heterocycles. The summed E-state index contributed by atoms with van der Waals surface area (Å²) >= 11 is 6.17. The zero-order valence-electron chi connectivity index (χ0n) is 16.6. The van der Waals surface area contributed by atoms with Gasteiger partial charge in [-0.05, 0) is 36.8 Å². The average molecular weight is 450 g/mol. The highest BCUT2D eigenvalue weighted by atomic mass is 35.5. The summed E-state index contributed by atoms with van der Waals surface area (Å²) in [7, 11) is -3.65. The lowest BCUT2D eigenvalue weighted by atomic mass is 10.1. The van der Waals surface area contributed by atoms with Crippen LogP contribution < -0.4 is 14.9 Å². The van der Waals surface area contributed by atoms with Gasteiger partial charge in [0.1, 0.15) is 0 Å². The summed E-state index contributed by atoms with van der Waals surface area (Å²) in [4.78, 5) is 26.7. The smallest absolute Gasteiger partial charge is 0.240 e. The molecule has 0 saturated carbocycles. The molecule has 0 aromatic heterocycles. The van der Waals surface area contributed by atoms with E-state index < -0.39 is 15.9 Å². The predicted molar refractivity (Wildman–Crippen MR) is 117 cm³/mol. The van der Waals surface area contributed by atoms with Crippen molar-refractivity contribution in [2.24, 2.45) is 5.92 Å². The predicted octanol–water partition coefficient (Wildman–Crippen LogP) is 3.41. The average Bonchev–Trinajstić information content (AvgIpc) is 3.10. The second-order valence-electron chi connectivity index (χ2n) is 7.13. The monoisotopic (exact) mass is 449 g/mol. The number of unbranched alkanes of at least 4 members (excludes halogenated alkanes) is 1. The second kappa shape index (κ2) is 9.59. The topological polar surface area (TPSA) is 95.6 Å². The molecule has 30 heavy (non-hydrogen) atoms. The summed E-state index contributed by atoms with van der Waals surface area (Å²) < 4.78 is 27.3. The van der Waals surface area contributed by atoms with Crippen LogP contribution in [0.3, 0.4) is 0 Å². The van der Waals surface area contributed by atoms with Crippen molar-refractivity contribution in [2.75, 3.05) is 23.3 Å². The van der Waals surface area contributed by atoms with Gasteiger partial charge in [-0.15, -0.1) is 0 Å². The molecule has 1 aliphatic rings. The molecule has 1 atom stereocenters. The Hall–Kier alpha value is -2.42. The molecule has 2 amide bonds.